The van der Waals surface area contributed by atoms with Gasteiger partial charge in [-0.1, -0.05) is 43.7 Å². The molecule has 0 fully saturated rings. The number of nitrogens with zero attached hydrogens (tertiary/aromatic N) is 3. The number of benzene rings is 2. The Balaban J connectivity index is 1.90. The molecule has 1 N–H and O–H groups in total. The molecule has 5 heteroatoms. The molecule has 0 spiro atoms. The third-order valence-corrected chi connectivity index (χ3v) is 4.84. The topological polar surface area (TPSA) is 52.0 Å². The SMILES string of the molecule is CCCCNc1ncnc2c1c(-c1ccccc1)cn2-c1ccc(OC)cc1. The fourth-order valence-corrected chi connectivity index (χ4v) is 3.36. The molecule has 0 saturated carbocycles. The zero-order chi connectivity index (χ0) is 19.3. The molecule has 0 unspecified atom stereocenters. The van der Waals surface area contributed by atoms with Crippen LogP contribution in [-0.4, -0.2) is 28.2 Å². The van der Waals surface area contributed by atoms with E-state index in [0.717, 1.165) is 58.8 Å². The van der Waals surface area contributed by atoms with Gasteiger partial charge in [-0.25, -0.2) is 9.97 Å². The second kappa shape index (κ2) is 8.13. The van der Waals surface area contributed by atoms with Crippen molar-refractivity contribution in [2.45, 2.75) is 19.8 Å². The van der Waals surface area contributed by atoms with Crippen molar-refractivity contribution in [3.05, 3.63) is 67.1 Å². The van der Waals surface area contributed by atoms with Crippen molar-refractivity contribution < 1.29 is 4.74 Å². The van der Waals surface area contributed by atoms with Crippen molar-refractivity contribution >= 4 is 16.9 Å². The summed E-state index contributed by atoms with van der Waals surface area (Å²) < 4.78 is 7.41. The van der Waals surface area contributed by atoms with Gasteiger partial charge in [0.15, 0.2) is 5.65 Å². The van der Waals surface area contributed by atoms with Crippen LogP contribution < -0.4 is 10.1 Å². The van der Waals surface area contributed by atoms with Gasteiger partial charge in [0.05, 0.1) is 12.5 Å². The first-order valence-corrected chi connectivity index (χ1v) is 9.61. The number of hydrogen-bond donors (Lipinski definition) is 1. The lowest BCUT2D eigenvalue weighted by atomic mass is 10.1. The van der Waals surface area contributed by atoms with Crippen LogP contribution in [0.5, 0.6) is 5.75 Å². The van der Waals surface area contributed by atoms with Gasteiger partial charge in [-0.05, 0) is 36.2 Å². The molecular weight excluding hydrogens is 348 g/mol. The maximum atomic E-state index is 5.30. The molecule has 0 saturated heterocycles. The highest BCUT2D eigenvalue weighted by Gasteiger charge is 2.17. The van der Waals surface area contributed by atoms with Gasteiger partial charge in [0.1, 0.15) is 17.9 Å². The summed E-state index contributed by atoms with van der Waals surface area (Å²) in [5, 5.41) is 4.54. The van der Waals surface area contributed by atoms with Gasteiger partial charge in [0.2, 0.25) is 0 Å². The lowest BCUT2D eigenvalue weighted by molar-refractivity contribution is 0.415. The third kappa shape index (κ3) is 3.43. The molecule has 0 atom stereocenters. The summed E-state index contributed by atoms with van der Waals surface area (Å²) in [5.74, 6) is 1.71. The Labute approximate surface area is 165 Å². The fourth-order valence-electron chi connectivity index (χ4n) is 3.36. The number of hydrogen-bond acceptors (Lipinski definition) is 4. The molecule has 2 heterocycles. The molecule has 2 aromatic carbocycles. The van der Waals surface area contributed by atoms with E-state index in [1.54, 1.807) is 13.4 Å². The quantitative estimate of drug-likeness (QED) is 0.447. The predicted octanol–water partition coefficient (Wildman–Crippen LogP) is 5.31. The summed E-state index contributed by atoms with van der Waals surface area (Å²) in [6, 6.07) is 18.4. The van der Waals surface area contributed by atoms with E-state index in [-0.39, 0.29) is 0 Å². The molecule has 4 aromatic rings. The average Bonchev–Trinajstić information content (AvgIpc) is 3.15. The molecule has 142 valence electrons. The molecule has 2 aromatic heterocycles. The maximum absolute atomic E-state index is 5.30. The monoisotopic (exact) mass is 372 g/mol. The van der Waals surface area contributed by atoms with Crippen LogP contribution in [0.4, 0.5) is 5.82 Å². The molecule has 0 aliphatic rings. The predicted molar refractivity (Wildman–Crippen MR) is 114 cm³/mol. The summed E-state index contributed by atoms with van der Waals surface area (Å²) in [5.41, 5.74) is 4.18. The number of fused-ring (bicyclic) bond motifs is 1. The lowest BCUT2D eigenvalue weighted by Crippen LogP contribution is -2.04. The van der Waals surface area contributed by atoms with Crippen LogP contribution in [0.3, 0.4) is 0 Å². The van der Waals surface area contributed by atoms with Crippen LogP contribution in [0.25, 0.3) is 27.8 Å². The zero-order valence-electron chi connectivity index (χ0n) is 16.2. The Morgan fingerprint density at radius 3 is 2.50 bits per heavy atom. The standard InChI is InChI=1S/C23H24N4O/c1-3-4-14-24-22-21-20(17-8-6-5-7-9-17)15-27(23(21)26-16-25-22)18-10-12-19(28-2)13-11-18/h5-13,15-16H,3-4,14H2,1-2H3,(H,24,25,26). The largest absolute Gasteiger partial charge is 0.497 e. The minimum Gasteiger partial charge on any atom is -0.497 e. The van der Waals surface area contributed by atoms with Crippen LogP contribution in [0, 0.1) is 0 Å². The molecule has 5 nitrogen and oxygen atoms in total. The van der Waals surface area contributed by atoms with Crippen molar-refractivity contribution in [1.82, 2.24) is 14.5 Å². The molecule has 0 bridgehead atoms. The van der Waals surface area contributed by atoms with Crippen LogP contribution in [0.1, 0.15) is 19.8 Å². The Morgan fingerprint density at radius 1 is 1.00 bits per heavy atom. The normalized spacial score (nSPS) is 10.9. The highest BCUT2D eigenvalue weighted by atomic mass is 16.5. The Bertz CT molecular complexity index is 1060. The van der Waals surface area contributed by atoms with Crippen molar-refractivity contribution in [2.75, 3.05) is 19.0 Å². The van der Waals surface area contributed by atoms with Gasteiger partial charge >= 0.3 is 0 Å². The molecular formula is C23H24N4O. The third-order valence-electron chi connectivity index (χ3n) is 4.84. The first-order valence-electron chi connectivity index (χ1n) is 9.61. The van der Waals surface area contributed by atoms with E-state index in [1.807, 2.05) is 30.3 Å². The number of rotatable bonds is 7. The molecule has 4 rings (SSSR count). The van der Waals surface area contributed by atoms with Crippen molar-refractivity contribution in [3.8, 4) is 22.6 Å². The maximum Gasteiger partial charge on any atom is 0.150 e. The van der Waals surface area contributed by atoms with E-state index in [2.05, 4.69) is 57.2 Å². The van der Waals surface area contributed by atoms with Gasteiger partial charge < -0.3 is 14.6 Å². The van der Waals surface area contributed by atoms with E-state index >= 15 is 0 Å². The highest BCUT2D eigenvalue weighted by molar-refractivity contribution is 6.02. The van der Waals surface area contributed by atoms with E-state index < -0.39 is 0 Å². The van der Waals surface area contributed by atoms with Crippen molar-refractivity contribution in [2.24, 2.45) is 0 Å². The number of unbranched alkanes of at least 4 members (excludes halogenated alkanes) is 1. The zero-order valence-corrected chi connectivity index (χ0v) is 16.2. The van der Waals surface area contributed by atoms with Gasteiger partial charge in [-0.3, -0.25) is 0 Å². The minimum atomic E-state index is 0.833. The summed E-state index contributed by atoms with van der Waals surface area (Å²) in [4.78, 5) is 9.16. The average molecular weight is 372 g/mol. The Hall–Kier alpha value is -3.34. The van der Waals surface area contributed by atoms with Gasteiger partial charge in [0, 0.05) is 24.0 Å². The van der Waals surface area contributed by atoms with Crippen molar-refractivity contribution in [1.29, 1.82) is 0 Å². The first-order chi connectivity index (χ1) is 13.8. The summed E-state index contributed by atoms with van der Waals surface area (Å²) in [7, 11) is 1.68. The number of methoxy groups -OCH3 is 1. The smallest absolute Gasteiger partial charge is 0.150 e. The molecule has 0 amide bonds. The number of ether oxygens (including phenoxy) is 1. The second-order valence-electron chi connectivity index (χ2n) is 6.68. The number of nitrogens with one attached hydrogen (secondary N) is 1. The Morgan fingerprint density at radius 2 is 1.79 bits per heavy atom. The highest BCUT2D eigenvalue weighted by Crippen LogP contribution is 2.35. The van der Waals surface area contributed by atoms with Crippen LogP contribution in [0.2, 0.25) is 0 Å². The van der Waals surface area contributed by atoms with Gasteiger partial charge in [-0.15, -0.1) is 0 Å². The van der Waals surface area contributed by atoms with E-state index in [1.165, 1.54) is 0 Å². The first kappa shape index (κ1) is 18.0. The number of aromatic nitrogens is 3. The summed E-state index contributed by atoms with van der Waals surface area (Å²) in [6.45, 7) is 3.08. The molecule has 0 radical (unpaired) electrons. The van der Waals surface area contributed by atoms with Crippen molar-refractivity contribution in [3.63, 3.8) is 0 Å². The Kier molecular flexibility index (Phi) is 5.24. The lowest BCUT2D eigenvalue weighted by Gasteiger charge is -2.08. The number of anilines is 1. The summed E-state index contributed by atoms with van der Waals surface area (Å²) in [6.07, 6.45) is 6.01. The van der Waals surface area contributed by atoms with Gasteiger partial charge in [0.25, 0.3) is 0 Å². The van der Waals surface area contributed by atoms with E-state index in [9.17, 15) is 0 Å². The van der Waals surface area contributed by atoms with E-state index in [0.29, 0.717) is 0 Å². The fraction of sp³-hybridized carbons (Fsp3) is 0.217. The second-order valence-corrected chi connectivity index (χ2v) is 6.68. The van der Waals surface area contributed by atoms with Crippen LogP contribution >= 0.6 is 0 Å². The molecule has 0 aliphatic carbocycles. The van der Waals surface area contributed by atoms with Gasteiger partial charge in [-0.2, -0.15) is 0 Å². The van der Waals surface area contributed by atoms with E-state index in [4.69, 9.17) is 4.74 Å². The molecule has 0 aliphatic heterocycles. The summed E-state index contributed by atoms with van der Waals surface area (Å²) >= 11 is 0. The minimum absolute atomic E-state index is 0.833. The molecule has 28 heavy (non-hydrogen) atoms. The van der Waals surface area contributed by atoms with Crippen LogP contribution in [-0.2, 0) is 0 Å². The van der Waals surface area contributed by atoms with Crippen LogP contribution in [0.15, 0.2) is 67.1 Å².